The third kappa shape index (κ3) is 5.17. The van der Waals surface area contributed by atoms with Crippen LogP contribution in [0, 0.1) is 0 Å². The number of anilines is 1. The van der Waals surface area contributed by atoms with Crippen LogP contribution in [0.4, 0.5) is 5.69 Å². The van der Waals surface area contributed by atoms with E-state index in [9.17, 15) is 9.59 Å². The quantitative estimate of drug-likeness (QED) is 0.799. The first-order valence-electron chi connectivity index (χ1n) is 7.78. The minimum atomic E-state index is -0.709. The van der Waals surface area contributed by atoms with Crippen molar-refractivity contribution < 1.29 is 14.3 Å². The Morgan fingerprint density at radius 2 is 2.04 bits per heavy atom. The summed E-state index contributed by atoms with van der Waals surface area (Å²) >= 11 is 0. The molecule has 0 spiro atoms. The summed E-state index contributed by atoms with van der Waals surface area (Å²) < 4.78 is 5.33. The Kier molecular flexibility index (Phi) is 6.45. The lowest BCUT2D eigenvalue weighted by Gasteiger charge is -2.14. The zero-order valence-corrected chi connectivity index (χ0v) is 13.8. The van der Waals surface area contributed by atoms with Crippen molar-refractivity contribution in [2.24, 2.45) is 0 Å². The van der Waals surface area contributed by atoms with Crippen LogP contribution in [0.1, 0.15) is 31.0 Å². The lowest BCUT2D eigenvalue weighted by atomic mass is 10.1. The van der Waals surface area contributed by atoms with Crippen LogP contribution in [0.25, 0.3) is 0 Å². The van der Waals surface area contributed by atoms with Crippen molar-refractivity contribution in [3.05, 3.63) is 59.9 Å². The van der Waals surface area contributed by atoms with E-state index >= 15 is 0 Å². The van der Waals surface area contributed by atoms with E-state index in [2.05, 4.69) is 15.6 Å². The number of amides is 2. The summed E-state index contributed by atoms with van der Waals surface area (Å²) in [5, 5.41) is 5.24. The summed E-state index contributed by atoms with van der Waals surface area (Å²) in [4.78, 5) is 28.1. The van der Waals surface area contributed by atoms with Crippen LogP contribution in [0.3, 0.4) is 0 Å². The van der Waals surface area contributed by atoms with Gasteiger partial charge in [-0.3, -0.25) is 14.6 Å². The molecule has 0 bridgehead atoms. The summed E-state index contributed by atoms with van der Waals surface area (Å²) in [5.74, 6) is -1.40. The zero-order valence-electron chi connectivity index (χ0n) is 13.8. The normalized spacial score (nSPS) is 11.6. The van der Waals surface area contributed by atoms with Crippen LogP contribution in [-0.2, 0) is 20.9 Å². The maximum Gasteiger partial charge on any atom is 0.313 e. The standard InChI is InChI=1S/C18H21N3O3/c1-3-24-12-14-6-4-8-16(10-14)21-18(23)17(22)20-13(2)15-7-5-9-19-11-15/h4-11,13H,3,12H2,1-2H3,(H,20,22)(H,21,23)/t13-/m0/s1. The van der Waals surface area contributed by atoms with Crippen molar-refractivity contribution in [2.45, 2.75) is 26.5 Å². The van der Waals surface area contributed by atoms with Crippen LogP contribution >= 0.6 is 0 Å². The number of hydrogen-bond donors (Lipinski definition) is 2. The predicted octanol–water partition coefficient (Wildman–Crippen LogP) is 2.43. The van der Waals surface area contributed by atoms with Crippen LogP contribution in [0.2, 0.25) is 0 Å². The fourth-order valence-corrected chi connectivity index (χ4v) is 2.12. The average molecular weight is 327 g/mol. The Morgan fingerprint density at radius 1 is 1.21 bits per heavy atom. The second-order valence-corrected chi connectivity index (χ2v) is 5.27. The van der Waals surface area contributed by atoms with Crippen molar-refractivity contribution in [1.82, 2.24) is 10.3 Å². The van der Waals surface area contributed by atoms with E-state index in [-0.39, 0.29) is 6.04 Å². The van der Waals surface area contributed by atoms with Gasteiger partial charge in [-0.05, 0) is 43.2 Å². The molecule has 2 N–H and O–H groups in total. The summed E-state index contributed by atoms with van der Waals surface area (Å²) in [5.41, 5.74) is 2.32. The zero-order chi connectivity index (χ0) is 17.4. The van der Waals surface area contributed by atoms with Crippen molar-refractivity contribution in [2.75, 3.05) is 11.9 Å². The van der Waals surface area contributed by atoms with E-state index in [4.69, 9.17) is 4.74 Å². The minimum absolute atomic E-state index is 0.304. The molecule has 0 saturated heterocycles. The molecule has 24 heavy (non-hydrogen) atoms. The minimum Gasteiger partial charge on any atom is -0.377 e. The van der Waals surface area contributed by atoms with Crippen LogP contribution in [-0.4, -0.2) is 23.4 Å². The van der Waals surface area contributed by atoms with Gasteiger partial charge < -0.3 is 15.4 Å². The maximum atomic E-state index is 12.0. The topological polar surface area (TPSA) is 80.3 Å². The van der Waals surface area contributed by atoms with Crippen LogP contribution in [0.15, 0.2) is 48.8 Å². The third-order valence-corrected chi connectivity index (χ3v) is 3.40. The highest BCUT2D eigenvalue weighted by molar-refractivity contribution is 6.39. The third-order valence-electron chi connectivity index (χ3n) is 3.40. The molecule has 2 aromatic rings. The molecule has 0 radical (unpaired) electrons. The number of nitrogens with zero attached hydrogens (tertiary/aromatic N) is 1. The Balaban J connectivity index is 1.93. The highest BCUT2D eigenvalue weighted by Crippen LogP contribution is 2.12. The summed E-state index contributed by atoms with van der Waals surface area (Å²) in [6, 6.07) is 10.5. The summed E-state index contributed by atoms with van der Waals surface area (Å²) in [7, 11) is 0. The van der Waals surface area contributed by atoms with Gasteiger partial charge in [-0.15, -0.1) is 0 Å². The molecule has 1 aromatic carbocycles. The van der Waals surface area contributed by atoms with Gasteiger partial charge in [-0.1, -0.05) is 18.2 Å². The number of rotatable bonds is 6. The van der Waals surface area contributed by atoms with Gasteiger partial charge in [-0.25, -0.2) is 0 Å². The lowest BCUT2D eigenvalue weighted by Crippen LogP contribution is -2.36. The van der Waals surface area contributed by atoms with E-state index < -0.39 is 11.8 Å². The van der Waals surface area contributed by atoms with Gasteiger partial charge in [0, 0.05) is 24.7 Å². The van der Waals surface area contributed by atoms with Gasteiger partial charge in [0.05, 0.1) is 12.6 Å². The number of aromatic nitrogens is 1. The fourth-order valence-electron chi connectivity index (χ4n) is 2.12. The van der Waals surface area contributed by atoms with Crippen molar-refractivity contribution in [3.63, 3.8) is 0 Å². The summed E-state index contributed by atoms with van der Waals surface area (Å²) in [6.07, 6.45) is 3.31. The molecule has 0 unspecified atom stereocenters. The SMILES string of the molecule is CCOCc1cccc(NC(=O)C(=O)N[C@@H](C)c2cccnc2)c1. The number of pyridine rings is 1. The molecule has 2 amide bonds. The van der Waals surface area contributed by atoms with Crippen LogP contribution in [0.5, 0.6) is 0 Å². The molecule has 0 aliphatic rings. The molecule has 1 aromatic heterocycles. The van der Waals surface area contributed by atoms with Gasteiger partial charge in [0.25, 0.3) is 0 Å². The first-order valence-corrected chi connectivity index (χ1v) is 7.78. The fraction of sp³-hybridized carbons (Fsp3) is 0.278. The van der Waals surface area contributed by atoms with E-state index in [0.29, 0.717) is 18.9 Å². The van der Waals surface area contributed by atoms with Gasteiger partial charge in [0.15, 0.2) is 0 Å². The van der Waals surface area contributed by atoms with Crippen molar-refractivity contribution in [3.8, 4) is 0 Å². The molecule has 0 aliphatic heterocycles. The monoisotopic (exact) mass is 327 g/mol. The number of nitrogens with one attached hydrogen (secondary N) is 2. The second kappa shape index (κ2) is 8.79. The maximum absolute atomic E-state index is 12.0. The molecule has 1 atom stereocenters. The van der Waals surface area contributed by atoms with Crippen LogP contribution < -0.4 is 10.6 Å². The van der Waals surface area contributed by atoms with E-state index in [1.807, 2.05) is 19.1 Å². The molecule has 1 heterocycles. The average Bonchev–Trinajstić information content (AvgIpc) is 2.61. The van der Waals surface area contributed by atoms with E-state index in [1.165, 1.54) is 0 Å². The number of ether oxygens (including phenoxy) is 1. The van der Waals surface area contributed by atoms with Gasteiger partial charge >= 0.3 is 11.8 Å². The molecule has 6 heteroatoms. The molecule has 6 nitrogen and oxygen atoms in total. The molecule has 0 aliphatic carbocycles. The lowest BCUT2D eigenvalue weighted by molar-refractivity contribution is -0.136. The van der Waals surface area contributed by atoms with Gasteiger partial charge in [0.2, 0.25) is 0 Å². The molecular formula is C18H21N3O3. The molecule has 2 rings (SSSR count). The highest BCUT2D eigenvalue weighted by Gasteiger charge is 2.17. The first kappa shape index (κ1) is 17.6. The van der Waals surface area contributed by atoms with Gasteiger partial charge in [0.1, 0.15) is 0 Å². The second-order valence-electron chi connectivity index (χ2n) is 5.27. The molecule has 0 fully saturated rings. The van der Waals surface area contributed by atoms with Gasteiger partial charge in [-0.2, -0.15) is 0 Å². The van der Waals surface area contributed by atoms with Crippen molar-refractivity contribution in [1.29, 1.82) is 0 Å². The Labute approximate surface area is 141 Å². The molecule has 0 saturated carbocycles. The Bertz CT molecular complexity index is 689. The first-order chi connectivity index (χ1) is 11.6. The molecule has 126 valence electrons. The predicted molar refractivity (Wildman–Crippen MR) is 91.2 cm³/mol. The Hall–Kier alpha value is -2.73. The number of carbonyl (C=O) groups excluding carboxylic acids is 2. The van der Waals surface area contributed by atoms with E-state index in [0.717, 1.165) is 11.1 Å². The number of hydrogen-bond acceptors (Lipinski definition) is 4. The highest BCUT2D eigenvalue weighted by atomic mass is 16.5. The Morgan fingerprint density at radius 3 is 2.75 bits per heavy atom. The molecular weight excluding hydrogens is 306 g/mol. The van der Waals surface area contributed by atoms with E-state index in [1.54, 1.807) is 43.6 Å². The number of carbonyl (C=O) groups is 2. The number of benzene rings is 1. The summed E-state index contributed by atoms with van der Waals surface area (Å²) in [6.45, 7) is 4.79. The smallest absolute Gasteiger partial charge is 0.313 e. The van der Waals surface area contributed by atoms with Crippen molar-refractivity contribution >= 4 is 17.5 Å². The largest absolute Gasteiger partial charge is 0.377 e.